The minimum absolute atomic E-state index is 0.260. The van der Waals surface area contributed by atoms with Crippen LogP contribution < -0.4 is 0 Å². The number of halogens is 1. The molecule has 2 heterocycles. The molecule has 10 heavy (non-hydrogen) atoms. The molecule has 3 fully saturated rings. The highest BCUT2D eigenvalue weighted by molar-refractivity contribution is 9.09. The van der Waals surface area contributed by atoms with Gasteiger partial charge in [-0.25, -0.2) is 0 Å². The van der Waals surface area contributed by atoms with Crippen LogP contribution in [0.25, 0.3) is 0 Å². The van der Waals surface area contributed by atoms with Gasteiger partial charge in [0.2, 0.25) is 0 Å². The number of fused-ring (bicyclic) bond motifs is 1. The second kappa shape index (κ2) is 1.98. The van der Waals surface area contributed by atoms with Crippen LogP contribution in [0, 0.1) is 5.41 Å². The van der Waals surface area contributed by atoms with Crippen molar-refractivity contribution in [3.8, 4) is 0 Å². The first-order valence-corrected chi connectivity index (χ1v) is 5.06. The van der Waals surface area contributed by atoms with Gasteiger partial charge in [-0.3, -0.25) is 0 Å². The lowest BCUT2D eigenvalue weighted by molar-refractivity contribution is 0.00847. The first kappa shape index (κ1) is 7.11. The fraction of sp³-hybridized carbons (Fsp3) is 1.00. The smallest absolute Gasteiger partial charge is 0.0791 e. The van der Waals surface area contributed by atoms with Crippen molar-refractivity contribution in [2.75, 3.05) is 11.9 Å². The van der Waals surface area contributed by atoms with Crippen molar-refractivity contribution in [1.29, 1.82) is 0 Å². The Hall–Kier alpha value is 0.440. The lowest BCUT2D eigenvalue weighted by Crippen LogP contribution is -2.44. The summed E-state index contributed by atoms with van der Waals surface area (Å²) in [5.41, 5.74) is 0.851. The quantitative estimate of drug-likeness (QED) is 0.628. The summed E-state index contributed by atoms with van der Waals surface area (Å²) in [6.07, 6.45) is 3.88. The molecule has 0 unspecified atom stereocenters. The molecular formula is C8H13BrO. The number of ether oxygens (including phenoxy) is 1. The molecule has 1 aliphatic carbocycles. The third-order valence-electron chi connectivity index (χ3n) is 3.07. The van der Waals surface area contributed by atoms with Crippen LogP contribution in [-0.2, 0) is 4.74 Å². The van der Waals surface area contributed by atoms with E-state index >= 15 is 0 Å². The van der Waals surface area contributed by atoms with Crippen molar-refractivity contribution in [1.82, 2.24) is 0 Å². The monoisotopic (exact) mass is 204 g/mol. The van der Waals surface area contributed by atoms with Crippen molar-refractivity contribution in [3.05, 3.63) is 0 Å². The second-order valence-corrected chi connectivity index (χ2v) is 4.37. The fourth-order valence-electron chi connectivity index (χ4n) is 2.31. The Labute approximate surface area is 70.3 Å². The van der Waals surface area contributed by atoms with Crippen molar-refractivity contribution in [2.45, 2.75) is 31.8 Å². The van der Waals surface area contributed by atoms with Crippen LogP contribution in [0.3, 0.4) is 0 Å². The van der Waals surface area contributed by atoms with Crippen molar-refractivity contribution < 1.29 is 4.74 Å². The molecule has 2 bridgehead atoms. The molecule has 3 rings (SSSR count). The number of hydrogen-bond donors (Lipinski definition) is 0. The molecule has 0 spiro atoms. The van der Waals surface area contributed by atoms with Crippen LogP contribution in [0.15, 0.2) is 0 Å². The molecule has 0 aromatic carbocycles. The molecule has 2 saturated heterocycles. The molecule has 0 aromatic rings. The van der Waals surface area contributed by atoms with Crippen LogP contribution in [0.5, 0.6) is 0 Å². The molecule has 0 atom stereocenters. The van der Waals surface area contributed by atoms with Gasteiger partial charge in [-0.2, -0.15) is 0 Å². The highest BCUT2D eigenvalue weighted by Gasteiger charge is 2.60. The Balaban J connectivity index is 2.06. The maximum Gasteiger partial charge on any atom is 0.0791 e. The Kier molecular flexibility index (Phi) is 1.41. The Morgan fingerprint density at radius 3 is 2.50 bits per heavy atom. The molecule has 2 heteroatoms. The lowest BCUT2D eigenvalue weighted by atomic mass is 9.62. The van der Waals surface area contributed by atoms with Crippen molar-refractivity contribution in [2.24, 2.45) is 5.41 Å². The summed E-state index contributed by atoms with van der Waals surface area (Å²) < 4.78 is 5.71. The van der Waals surface area contributed by atoms with Crippen molar-refractivity contribution in [3.63, 3.8) is 0 Å². The van der Waals surface area contributed by atoms with E-state index in [0.29, 0.717) is 5.41 Å². The third-order valence-corrected chi connectivity index (χ3v) is 4.09. The van der Waals surface area contributed by atoms with Crippen molar-refractivity contribution >= 4 is 15.9 Å². The summed E-state index contributed by atoms with van der Waals surface area (Å²) in [5.74, 6) is 0. The fourth-order valence-corrected chi connectivity index (χ4v) is 2.87. The molecule has 0 N–H and O–H groups in total. The SMILES string of the molecule is CCC12COC(CBr)(C1)C2. The van der Waals surface area contributed by atoms with E-state index in [4.69, 9.17) is 4.74 Å². The standard InChI is InChI=1S/C8H13BrO/c1-2-7-3-8(4-7,5-9)10-6-7/h2-6H2,1H3. The van der Waals surface area contributed by atoms with Crippen LogP contribution in [0.4, 0.5) is 0 Å². The van der Waals surface area contributed by atoms with Gasteiger partial charge in [0, 0.05) is 5.33 Å². The van der Waals surface area contributed by atoms with Gasteiger partial charge < -0.3 is 4.74 Å². The van der Waals surface area contributed by atoms with Gasteiger partial charge in [-0.05, 0) is 24.7 Å². The van der Waals surface area contributed by atoms with Gasteiger partial charge in [-0.1, -0.05) is 22.9 Å². The molecular weight excluding hydrogens is 192 g/mol. The van der Waals surface area contributed by atoms with E-state index in [2.05, 4.69) is 22.9 Å². The van der Waals surface area contributed by atoms with Gasteiger partial charge in [0.25, 0.3) is 0 Å². The minimum atomic E-state index is 0.260. The van der Waals surface area contributed by atoms with Gasteiger partial charge in [0.1, 0.15) is 0 Å². The second-order valence-electron chi connectivity index (χ2n) is 3.81. The van der Waals surface area contributed by atoms with Crippen LogP contribution >= 0.6 is 15.9 Å². The largest absolute Gasteiger partial charge is 0.374 e. The van der Waals surface area contributed by atoms with E-state index in [0.717, 1.165) is 11.9 Å². The molecule has 0 aromatic heterocycles. The van der Waals surface area contributed by atoms with E-state index in [1.165, 1.54) is 19.3 Å². The zero-order valence-electron chi connectivity index (χ0n) is 6.32. The van der Waals surface area contributed by atoms with E-state index in [1.54, 1.807) is 0 Å². The molecule has 2 aliphatic heterocycles. The first-order chi connectivity index (χ1) is 4.74. The highest BCUT2D eigenvalue weighted by Crippen LogP contribution is 2.59. The molecule has 1 nitrogen and oxygen atoms in total. The molecule has 3 aliphatic rings. The molecule has 58 valence electrons. The zero-order chi connectivity index (χ0) is 7.24. The Morgan fingerprint density at radius 1 is 1.50 bits per heavy atom. The summed E-state index contributed by atoms with van der Waals surface area (Å²) in [6.45, 7) is 3.28. The molecule has 0 amide bonds. The van der Waals surface area contributed by atoms with E-state index in [-0.39, 0.29) is 5.60 Å². The van der Waals surface area contributed by atoms with E-state index in [9.17, 15) is 0 Å². The predicted octanol–water partition coefficient (Wildman–Crippen LogP) is 2.34. The van der Waals surface area contributed by atoms with Gasteiger partial charge in [0.05, 0.1) is 12.2 Å². The maximum atomic E-state index is 5.71. The summed E-state index contributed by atoms with van der Waals surface area (Å²) in [5, 5.41) is 1.03. The Bertz CT molecular complexity index is 133. The highest BCUT2D eigenvalue weighted by atomic mass is 79.9. The number of hydrogen-bond acceptors (Lipinski definition) is 1. The molecule has 1 saturated carbocycles. The van der Waals surface area contributed by atoms with Gasteiger partial charge in [0.15, 0.2) is 0 Å². The average Bonchev–Trinajstić information content (AvgIpc) is 2.40. The van der Waals surface area contributed by atoms with Gasteiger partial charge in [-0.15, -0.1) is 0 Å². The Morgan fingerprint density at radius 2 is 2.20 bits per heavy atom. The van der Waals surface area contributed by atoms with Crippen LogP contribution in [-0.4, -0.2) is 17.5 Å². The average molecular weight is 205 g/mol. The first-order valence-electron chi connectivity index (χ1n) is 3.94. The number of rotatable bonds is 2. The van der Waals surface area contributed by atoms with Crippen LogP contribution in [0.2, 0.25) is 0 Å². The zero-order valence-corrected chi connectivity index (χ0v) is 7.91. The topological polar surface area (TPSA) is 9.23 Å². The maximum absolute atomic E-state index is 5.71. The third kappa shape index (κ3) is 0.722. The normalized spacial score (nSPS) is 51.0. The van der Waals surface area contributed by atoms with E-state index < -0.39 is 0 Å². The van der Waals surface area contributed by atoms with E-state index in [1.807, 2.05) is 0 Å². The predicted molar refractivity (Wildman–Crippen MR) is 44.4 cm³/mol. The molecule has 0 radical (unpaired) electrons. The summed E-state index contributed by atoms with van der Waals surface area (Å²) in [6, 6.07) is 0. The summed E-state index contributed by atoms with van der Waals surface area (Å²) in [4.78, 5) is 0. The van der Waals surface area contributed by atoms with Crippen LogP contribution in [0.1, 0.15) is 26.2 Å². The number of alkyl halides is 1. The summed E-state index contributed by atoms with van der Waals surface area (Å²) >= 11 is 3.50. The summed E-state index contributed by atoms with van der Waals surface area (Å²) in [7, 11) is 0. The minimum Gasteiger partial charge on any atom is -0.374 e. The lowest BCUT2D eigenvalue weighted by Gasteiger charge is -2.43. The van der Waals surface area contributed by atoms with Gasteiger partial charge >= 0.3 is 0 Å².